The normalized spacial score (nSPS) is 17.6. The Balaban J connectivity index is 1.95. The number of fused-ring (bicyclic) bond motifs is 1. The van der Waals surface area contributed by atoms with Crippen LogP contribution < -0.4 is 5.32 Å². The Bertz CT molecular complexity index is 583. The summed E-state index contributed by atoms with van der Waals surface area (Å²) in [4.78, 5) is 19.9. The minimum atomic E-state index is -0.178. The third-order valence-corrected chi connectivity index (χ3v) is 3.99. The van der Waals surface area contributed by atoms with Crippen LogP contribution >= 0.6 is 0 Å². The zero-order valence-corrected chi connectivity index (χ0v) is 10.5. The molecule has 0 aliphatic heterocycles. The minimum absolute atomic E-state index is 0.178. The molecule has 4 heteroatoms. The lowest BCUT2D eigenvalue weighted by atomic mass is 9.64. The molecule has 0 spiro atoms. The van der Waals surface area contributed by atoms with Crippen molar-refractivity contribution in [1.29, 1.82) is 0 Å². The molecule has 3 rings (SSSR count). The number of imidazole rings is 1. The first-order chi connectivity index (χ1) is 8.75. The summed E-state index contributed by atoms with van der Waals surface area (Å²) in [6.07, 6.45) is 4.80. The number of Topliss-reactive ketones (excluding diaryl/α,β-unsaturated/α-hetero) is 1. The van der Waals surface area contributed by atoms with Gasteiger partial charge in [0.25, 0.3) is 0 Å². The van der Waals surface area contributed by atoms with Gasteiger partial charge in [-0.25, -0.2) is 4.98 Å². The maximum atomic E-state index is 12.6. The molecule has 1 aromatic heterocycles. The SMILES string of the molecule is CNCC1(C(=O)c2ccc3nc[nH]c3c2)CCC1. The largest absolute Gasteiger partial charge is 0.345 e. The molecule has 0 atom stereocenters. The predicted octanol–water partition coefficient (Wildman–Crippen LogP) is 2.14. The fraction of sp³-hybridized carbons (Fsp3) is 0.429. The topological polar surface area (TPSA) is 57.8 Å². The van der Waals surface area contributed by atoms with Gasteiger partial charge in [-0.2, -0.15) is 0 Å². The summed E-state index contributed by atoms with van der Waals surface area (Å²) < 4.78 is 0. The Morgan fingerprint density at radius 3 is 3.00 bits per heavy atom. The van der Waals surface area contributed by atoms with Gasteiger partial charge in [0.05, 0.1) is 17.4 Å². The van der Waals surface area contributed by atoms with E-state index in [1.54, 1.807) is 6.33 Å². The molecule has 0 unspecified atom stereocenters. The van der Waals surface area contributed by atoms with Crippen LogP contribution in [0, 0.1) is 5.41 Å². The summed E-state index contributed by atoms with van der Waals surface area (Å²) in [7, 11) is 1.91. The number of rotatable bonds is 4. The summed E-state index contributed by atoms with van der Waals surface area (Å²) in [5, 5.41) is 3.15. The van der Waals surface area contributed by atoms with Gasteiger partial charge in [-0.05, 0) is 38.1 Å². The number of hydrogen-bond acceptors (Lipinski definition) is 3. The summed E-state index contributed by atoms with van der Waals surface area (Å²) in [5.74, 6) is 0.264. The molecule has 94 valence electrons. The second-order valence-electron chi connectivity index (χ2n) is 5.13. The molecule has 2 aromatic rings. The van der Waals surface area contributed by atoms with Gasteiger partial charge in [0, 0.05) is 17.5 Å². The molecule has 2 N–H and O–H groups in total. The molecular weight excluding hydrogens is 226 g/mol. The lowest BCUT2D eigenvalue weighted by Crippen LogP contribution is -2.45. The first kappa shape index (κ1) is 11.4. The second-order valence-corrected chi connectivity index (χ2v) is 5.13. The van der Waals surface area contributed by atoms with Gasteiger partial charge in [0.1, 0.15) is 0 Å². The first-order valence-corrected chi connectivity index (χ1v) is 6.38. The van der Waals surface area contributed by atoms with Crippen LogP contribution in [0.1, 0.15) is 29.6 Å². The highest BCUT2D eigenvalue weighted by Gasteiger charge is 2.43. The number of nitrogens with one attached hydrogen (secondary N) is 2. The van der Waals surface area contributed by atoms with E-state index in [1.807, 2.05) is 25.2 Å². The van der Waals surface area contributed by atoms with Crippen molar-refractivity contribution in [3.05, 3.63) is 30.1 Å². The first-order valence-electron chi connectivity index (χ1n) is 6.38. The summed E-state index contributed by atoms with van der Waals surface area (Å²) >= 11 is 0. The van der Waals surface area contributed by atoms with E-state index >= 15 is 0 Å². The average Bonchev–Trinajstić information content (AvgIpc) is 2.80. The van der Waals surface area contributed by atoms with E-state index in [4.69, 9.17) is 0 Å². The van der Waals surface area contributed by atoms with Crippen molar-refractivity contribution >= 4 is 16.8 Å². The van der Waals surface area contributed by atoms with Gasteiger partial charge in [-0.3, -0.25) is 4.79 Å². The molecule has 0 radical (unpaired) electrons. The molecule has 0 saturated heterocycles. The zero-order chi connectivity index (χ0) is 12.6. The van der Waals surface area contributed by atoms with Gasteiger partial charge in [-0.15, -0.1) is 0 Å². The maximum absolute atomic E-state index is 12.6. The number of carbonyl (C=O) groups excluding carboxylic acids is 1. The highest BCUT2D eigenvalue weighted by atomic mass is 16.1. The number of nitrogens with zero attached hydrogens (tertiary/aromatic N) is 1. The molecule has 1 fully saturated rings. The number of carbonyl (C=O) groups is 1. The van der Waals surface area contributed by atoms with Crippen LogP contribution in [0.2, 0.25) is 0 Å². The van der Waals surface area contributed by atoms with Crippen molar-refractivity contribution in [2.45, 2.75) is 19.3 Å². The predicted molar refractivity (Wildman–Crippen MR) is 70.6 cm³/mol. The molecule has 1 aromatic carbocycles. The Labute approximate surface area is 106 Å². The van der Waals surface area contributed by atoms with Crippen molar-refractivity contribution in [1.82, 2.24) is 15.3 Å². The van der Waals surface area contributed by atoms with Crippen LogP contribution in [0.4, 0.5) is 0 Å². The molecule has 1 heterocycles. The standard InChI is InChI=1S/C14H17N3O/c1-15-8-14(5-2-6-14)13(18)10-3-4-11-12(7-10)17-9-16-11/h3-4,7,9,15H,2,5-6,8H2,1H3,(H,16,17). The van der Waals surface area contributed by atoms with Crippen molar-refractivity contribution in [2.75, 3.05) is 13.6 Å². The fourth-order valence-corrected chi connectivity index (χ4v) is 2.81. The molecule has 18 heavy (non-hydrogen) atoms. The van der Waals surface area contributed by atoms with E-state index in [-0.39, 0.29) is 11.2 Å². The Morgan fingerprint density at radius 2 is 2.33 bits per heavy atom. The van der Waals surface area contributed by atoms with Crippen LogP contribution in [-0.2, 0) is 0 Å². The minimum Gasteiger partial charge on any atom is -0.345 e. The van der Waals surface area contributed by atoms with Crippen molar-refractivity contribution < 1.29 is 4.79 Å². The number of hydrogen-bond donors (Lipinski definition) is 2. The lowest BCUT2D eigenvalue weighted by molar-refractivity contribution is 0.0614. The number of ketones is 1. The van der Waals surface area contributed by atoms with Gasteiger partial charge in [0.15, 0.2) is 5.78 Å². The van der Waals surface area contributed by atoms with Gasteiger partial charge >= 0.3 is 0 Å². The third-order valence-electron chi connectivity index (χ3n) is 3.99. The van der Waals surface area contributed by atoms with E-state index in [0.29, 0.717) is 0 Å². The van der Waals surface area contributed by atoms with Gasteiger partial charge < -0.3 is 10.3 Å². The van der Waals surface area contributed by atoms with Crippen LogP contribution in [0.15, 0.2) is 24.5 Å². The molecule has 0 bridgehead atoms. The van der Waals surface area contributed by atoms with E-state index < -0.39 is 0 Å². The lowest BCUT2D eigenvalue weighted by Gasteiger charge is -2.40. The number of benzene rings is 1. The summed E-state index contributed by atoms with van der Waals surface area (Å²) in [6, 6.07) is 5.71. The van der Waals surface area contributed by atoms with E-state index in [2.05, 4.69) is 15.3 Å². The van der Waals surface area contributed by atoms with E-state index in [9.17, 15) is 4.79 Å². The average molecular weight is 243 g/mol. The molecule has 1 aliphatic carbocycles. The molecule has 4 nitrogen and oxygen atoms in total. The third kappa shape index (κ3) is 1.64. The van der Waals surface area contributed by atoms with Crippen LogP contribution in [0.5, 0.6) is 0 Å². The maximum Gasteiger partial charge on any atom is 0.170 e. The van der Waals surface area contributed by atoms with E-state index in [0.717, 1.165) is 42.4 Å². The van der Waals surface area contributed by atoms with Crippen LogP contribution in [0.3, 0.4) is 0 Å². The number of H-pyrrole nitrogens is 1. The van der Waals surface area contributed by atoms with Gasteiger partial charge in [-0.1, -0.05) is 6.42 Å². The van der Waals surface area contributed by atoms with Crippen molar-refractivity contribution in [3.8, 4) is 0 Å². The molecule has 0 amide bonds. The highest BCUT2D eigenvalue weighted by molar-refractivity contribution is 6.03. The Hall–Kier alpha value is -1.68. The second kappa shape index (κ2) is 4.21. The van der Waals surface area contributed by atoms with Crippen LogP contribution in [-0.4, -0.2) is 29.3 Å². The van der Waals surface area contributed by atoms with Crippen molar-refractivity contribution in [2.24, 2.45) is 5.41 Å². The van der Waals surface area contributed by atoms with Crippen molar-refractivity contribution in [3.63, 3.8) is 0 Å². The van der Waals surface area contributed by atoms with E-state index in [1.165, 1.54) is 0 Å². The molecular formula is C14H17N3O. The zero-order valence-electron chi connectivity index (χ0n) is 10.5. The highest BCUT2D eigenvalue weighted by Crippen LogP contribution is 2.43. The quantitative estimate of drug-likeness (QED) is 0.809. The fourth-order valence-electron chi connectivity index (χ4n) is 2.81. The monoisotopic (exact) mass is 243 g/mol. The summed E-state index contributed by atoms with van der Waals surface area (Å²) in [5.41, 5.74) is 2.45. The summed E-state index contributed by atoms with van der Waals surface area (Å²) in [6.45, 7) is 0.771. The Morgan fingerprint density at radius 1 is 1.50 bits per heavy atom. The molecule has 1 aliphatic rings. The van der Waals surface area contributed by atoms with Crippen LogP contribution in [0.25, 0.3) is 11.0 Å². The smallest absolute Gasteiger partial charge is 0.170 e. The Kier molecular flexibility index (Phi) is 2.67. The molecule has 1 saturated carbocycles. The van der Waals surface area contributed by atoms with Gasteiger partial charge in [0.2, 0.25) is 0 Å². The number of aromatic amines is 1. The number of aromatic nitrogens is 2.